The average Bonchev–Trinajstić information content (AvgIpc) is 2.59. The summed E-state index contributed by atoms with van der Waals surface area (Å²) < 4.78 is 0. The van der Waals surface area contributed by atoms with Crippen LogP contribution in [-0.4, -0.2) is 28.1 Å². The quantitative estimate of drug-likeness (QED) is 0.338. The maximum absolute atomic E-state index is 12.1. The number of thioether (sulfide) groups is 1. The van der Waals surface area contributed by atoms with Crippen LogP contribution in [0.4, 0.5) is 11.4 Å². The molecule has 8 nitrogen and oxygen atoms in total. The summed E-state index contributed by atoms with van der Waals surface area (Å²) in [6.45, 7) is 0.294. The Kier molecular flexibility index (Phi) is 6.31. The summed E-state index contributed by atoms with van der Waals surface area (Å²) in [5.74, 6) is -0.0480. The summed E-state index contributed by atoms with van der Waals surface area (Å²) >= 11 is 7.28. The van der Waals surface area contributed by atoms with Crippen molar-refractivity contribution in [1.82, 2.24) is 5.32 Å². The van der Waals surface area contributed by atoms with Crippen molar-refractivity contribution in [3.63, 3.8) is 0 Å². The Labute approximate surface area is 151 Å². The molecule has 1 N–H and O–H groups in total. The van der Waals surface area contributed by atoms with Crippen molar-refractivity contribution in [2.45, 2.75) is 4.90 Å². The first-order chi connectivity index (χ1) is 11.9. The van der Waals surface area contributed by atoms with Crippen LogP contribution in [0.25, 0.3) is 0 Å². The molecule has 0 aliphatic rings. The van der Waals surface area contributed by atoms with E-state index in [1.54, 1.807) is 12.1 Å². The van der Waals surface area contributed by atoms with Gasteiger partial charge in [0, 0.05) is 34.3 Å². The molecular formula is C15H12ClN3O5S. The van der Waals surface area contributed by atoms with E-state index in [0.29, 0.717) is 17.3 Å². The van der Waals surface area contributed by atoms with Crippen molar-refractivity contribution in [3.8, 4) is 0 Å². The molecule has 0 heterocycles. The molecule has 0 unspecified atom stereocenters. The number of hydrogen-bond acceptors (Lipinski definition) is 6. The van der Waals surface area contributed by atoms with Gasteiger partial charge in [0.05, 0.1) is 21.5 Å². The van der Waals surface area contributed by atoms with Gasteiger partial charge in [-0.25, -0.2) is 0 Å². The average molecular weight is 382 g/mol. The van der Waals surface area contributed by atoms with Gasteiger partial charge < -0.3 is 5.32 Å². The monoisotopic (exact) mass is 381 g/mol. The molecule has 0 fully saturated rings. The van der Waals surface area contributed by atoms with Crippen LogP contribution in [0.1, 0.15) is 10.4 Å². The minimum Gasteiger partial charge on any atom is -0.351 e. The van der Waals surface area contributed by atoms with E-state index in [2.05, 4.69) is 5.32 Å². The van der Waals surface area contributed by atoms with E-state index in [0.717, 1.165) is 23.1 Å². The topological polar surface area (TPSA) is 115 Å². The number of carbonyl (C=O) groups excluding carboxylic acids is 1. The van der Waals surface area contributed by atoms with Crippen LogP contribution >= 0.6 is 23.4 Å². The highest BCUT2D eigenvalue weighted by molar-refractivity contribution is 7.99. The molecule has 130 valence electrons. The lowest BCUT2D eigenvalue weighted by Gasteiger charge is -2.06. The van der Waals surface area contributed by atoms with Gasteiger partial charge in [-0.05, 0) is 24.3 Å². The molecule has 0 aromatic heterocycles. The Morgan fingerprint density at radius 2 is 1.60 bits per heavy atom. The van der Waals surface area contributed by atoms with Crippen LogP contribution < -0.4 is 5.32 Å². The molecule has 25 heavy (non-hydrogen) atoms. The minimum atomic E-state index is -0.778. The van der Waals surface area contributed by atoms with Gasteiger partial charge in [0.1, 0.15) is 0 Å². The highest BCUT2D eigenvalue weighted by atomic mass is 35.5. The van der Waals surface area contributed by atoms with E-state index < -0.39 is 27.1 Å². The summed E-state index contributed by atoms with van der Waals surface area (Å²) in [4.78, 5) is 33.1. The molecule has 1 amide bonds. The second kappa shape index (κ2) is 8.45. The fraction of sp³-hybridized carbons (Fsp3) is 0.133. The molecule has 0 saturated heterocycles. The zero-order valence-corrected chi connectivity index (χ0v) is 14.2. The zero-order valence-electron chi connectivity index (χ0n) is 12.7. The van der Waals surface area contributed by atoms with Gasteiger partial charge in [-0.2, -0.15) is 0 Å². The van der Waals surface area contributed by atoms with Crippen molar-refractivity contribution >= 4 is 40.6 Å². The first-order valence-electron chi connectivity index (χ1n) is 6.97. The lowest BCUT2D eigenvalue weighted by molar-refractivity contribution is -0.394. The van der Waals surface area contributed by atoms with E-state index in [-0.39, 0.29) is 5.56 Å². The molecule has 0 bridgehead atoms. The van der Waals surface area contributed by atoms with Gasteiger partial charge in [0.2, 0.25) is 0 Å². The Morgan fingerprint density at radius 3 is 2.12 bits per heavy atom. The number of nitrogens with one attached hydrogen (secondary N) is 1. The lowest BCUT2D eigenvalue weighted by Crippen LogP contribution is -2.25. The summed E-state index contributed by atoms with van der Waals surface area (Å²) in [6.07, 6.45) is 0. The fourth-order valence-corrected chi connectivity index (χ4v) is 2.80. The van der Waals surface area contributed by atoms with Gasteiger partial charge in [0.25, 0.3) is 17.3 Å². The highest BCUT2D eigenvalue weighted by Gasteiger charge is 2.19. The second-order valence-electron chi connectivity index (χ2n) is 4.81. The third-order valence-electron chi connectivity index (χ3n) is 3.06. The van der Waals surface area contributed by atoms with E-state index in [4.69, 9.17) is 11.6 Å². The Morgan fingerprint density at radius 1 is 1.04 bits per heavy atom. The number of halogens is 1. The normalized spacial score (nSPS) is 10.3. The minimum absolute atomic E-state index is 0.127. The van der Waals surface area contributed by atoms with Crippen molar-refractivity contribution < 1.29 is 14.6 Å². The van der Waals surface area contributed by atoms with Gasteiger partial charge in [-0.3, -0.25) is 25.0 Å². The first-order valence-corrected chi connectivity index (χ1v) is 8.33. The SMILES string of the molecule is O=C(NCCSc1ccc(Cl)cc1)c1cc([N+](=O)[O-])cc([N+](=O)[O-])c1. The molecule has 0 radical (unpaired) electrons. The van der Waals surface area contributed by atoms with Gasteiger partial charge in [-0.1, -0.05) is 11.6 Å². The molecule has 0 atom stereocenters. The zero-order chi connectivity index (χ0) is 18.4. The maximum atomic E-state index is 12.1. The number of carbonyl (C=O) groups is 1. The number of amides is 1. The van der Waals surface area contributed by atoms with E-state index in [1.165, 1.54) is 11.8 Å². The number of nitro groups is 2. The third-order valence-corrected chi connectivity index (χ3v) is 4.32. The Balaban J connectivity index is 1.96. The molecule has 0 aliphatic heterocycles. The van der Waals surface area contributed by atoms with Gasteiger partial charge >= 0.3 is 0 Å². The maximum Gasteiger partial charge on any atom is 0.277 e. The molecule has 2 aromatic carbocycles. The summed E-state index contributed by atoms with van der Waals surface area (Å²) in [5.41, 5.74) is -1.14. The van der Waals surface area contributed by atoms with E-state index in [1.807, 2.05) is 12.1 Å². The molecular weight excluding hydrogens is 370 g/mol. The lowest BCUT2D eigenvalue weighted by atomic mass is 10.1. The molecule has 2 rings (SSSR count). The number of rotatable bonds is 7. The third kappa shape index (κ3) is 5.44. The summed E-state index contributed by atoms with van der Waals surface area (Å²) in [5, 5.41) is 24.9. The van der Waals surface area contributed by atoms with Crippen molar-refractivity contribution in [2.24, 2.45) is 0 Å². The molecule has 0 aliphatic carbocycles. The summed E-state index contributed by atoms with van der Waals surface area (Å²) in [6, 6.07) is 10.0. The second-order valence-corrected chi connectivity index (χ2v) is 6.42. The summed E-state index contributed by atoms with van der Waals surface area (Å²) in [7, 11) is 0. The van der Waals surface area contributed by atoms with Gasteiger partial charge in [0.15, 0.2) is 0 Å². The number of non-ortho nitro benzene ring substituents is 2. The van der Waals surface area contributed by atoms with Crippen LogP contribution in [0.5, 0.6) is 0 Å². The van der Waals surface area contributed by atoms with E-state index in [9.17, 15) is 25.0 Å². The number of hydrogen-bond donors (Lipinski definition) is 1. The standard InChI is InChI=1S/C15H12ClN3O5S/c16-11-1-3-14(4-2-11)25-6-5-17-15(20)10-7-12(18(21)22)9-13(8-10)19(23)24/h1-4,7-9H,5-6H2,(H,17,20). The van der Waals surface area contributed by atoms with E-state index >= 15 is 0 Å². The molecule has 0 saturated carbocycles. The molecule has 0 spiro atoms. The smallest absolute Gasteiger partial charge is 0.277 e. The highest BCUT2D eigenvalue weighted by Crippen LogP contribution is 2.23. The fourth-order valence-electron chi connectivity index (χ4n) is 1.90. The predicted molar refractivity (Wildman–Crippen MR) is 94.3 cm³/mol. The van der Waals surface area contributed by atoms with Crippen LogP contribution in [0.2, 0.25) is 5.02 Å². The van der Waals surface area contributed by atoms with Crippen molar-refractivity contribution in [1.29, 1.82) is 0 Å². The van der Waals surface area contributed by atoms with Crippen LogP contribution in [-0.2, 0) is 0 Å². The Bertz CT molecular complexity index is 781. The van der Waals surface area contributed by atoms with Crippen LogP contribution in [0.15, 0.2) is 47.4 Å². The molecule has 2 aromatic rings. The number of benzene rings is 2. The predicted octanol–water partition coefficient (Wildman–Crippen LogP) is 3.68. The van der Waals surface area contributed by atoms with Gasteiger partial charge in [-0.15, -0.1) is 11.8 Å². The number of nitrogens with zero attached hydrogens (tertiary/aromatic N) is 2. The van der Waals surface area contributed by atoms with Crippen LogP contribution in [0.3, 0.4) is 0 Å². The van der Waals surface area contributed by atoms with Crippen molar-refractivity contribution in [3.05, 3.63) is 73.3 Å². The van der Waals surface area contributed by atoms with Crippen molar-refractivity contribution in [2.75, 3.05) is 12.3 Å². The number of nitro benzene ring substituents is 2. The first kappa shape index (κ1) is 18.7. The van der Waals surface area contributed by atoms with Crippen LogP contribution in [0, 0.1) is 20.2 Å². The Hall–Kier alpha value is -2.65. The largest absolute Gasteiger partial charge is 0.351 e. The molecule has 10 heteroatoms.